The number of benzene rings is 3. The van der Waals surface area contributed by atoms with Crippen LogP contribution in [-0.4, -0.2) is 67.2 Å². The molecular weight excluding hydrogens is 971 g/mol. The summed E-state index contributed by atoms with van der Waals surface area (Å²) in [6, 6.07) is 20.6. The van der Waals surface area contributed by atoms with Crippen molar-refractivity contribution in [3.05, 3.63) is 103 Å². The minimum absolute atomic E-state index is 0.132. The molecule has 2 heterocycles. The van der Waals surface area contributed by atoms with Crippen molar-refractivity contribution in [2.45, 2.75) is 103 Å². The van der Waals surface area contributed by atoms with Gasteiger partial charge in [0.1, 0.15) is 23.0 Å². The molecule has 0 N–H and O–H groups in total. The van der Waals surface area contributed by atoms with Gasteiger partial charge in [-0.15, -0.1) is 11.3 Å². The monoisotopic (exact) mass is 1030 g/mol. The maximum absolute atomic E-state index is 13.6. The highest BCUT2D eigenvalue weighted by Crippen LogP contribution is 2.40. The second kappa shape index (κ2) is 28.3. The highest BCUT2D eigenvalue weighted by atomic mass is 32.1. The van der Waals surface area contributed by atoms with E-state index < -0.39 is 35.7 Å². The van der Waals surface area contributed by atoms with E-state index in [0.717, 1.165) is 68.4 Å². The molecule has 3 aromatic carbocycles. The molecule has 7 rings (SSSR count). The van der Waals surface area contributed by atoms with Crippen LogP contribution in [0.1, 0.15) is 103 Å². The molecule has 0 saturated heterocycles. The summed E-state index contributed by atoms with van der Waals surface area (Å²) in [5.41, 5.74) is 0.384. The average molecular weight is 1030 g/mol. The number of esters is 6. The van der Waals surface area contributed by atoms with E-state index in [1.165, 1.54) is 17.4 Å². The van der Waals surface area contributed by atoms with Crippen LogP contribution >= 0.6 is 11.3 Å². The van der Waals surface area contributed by atoms with Gasteiger partial charge in [-0.2, -0.15) is 0 Å². The van der Waals surface area contributed by atoms with Crippen LogP contribution in [0.4, 0.5) is 0 Å². The molecule has 74 heavy (non-hydrogen) atoms. The molecule has 0 radical (unpaired) electrons. The number of rotatable bonds is 27. The summed E-state index contributed by atoms with van der Waals surface area (Å²) < 4.78 is 51.1. The SMILES string of the molecule is C=CC(=O)OCCCCCCOc1ccc(OC(=O)C2CCC(C(=O)Oc3ccc(OC(=O)C4CCC(C(=O)Oc5ccc(OCCCCCCOC(=O)C=C)cc5)CC4)c4oc(-c5cccs5)nc34)CC2)cc1. The fourth-order valence-corrected chi connectivity index (χ4v) is 9.36. The Hall–Kier alpha value is -7.27. The second-order valence-electron chi connectivity index (χ2n) is 18.2. The third kappa shape index (κ3) is 16.4. The number of nitrogens with zero attached hydrogens (tertiary/aromatic N) is 1. The van der Waals surface area contributed by atoms with Crippen LogP contribution < -0.4 is 28.4 Å². The number of oxazole rings is 1. The van der Waals surface area contributed by atoms with Gasteiger partial charge in [0.25, 0.3) is 0 Å². The number of hydrogen-bond donors (Lipinski definition) is 0. The molecule has 0 amide bonds. The number of unbranched alkanes of at least 4 members (excludes halogenated alkanes) is 6. The fraction of sp³-hybridized carbons (Fsp3) is 0.421. The molecule has 2 fully saturated rings. The van der Waals surface area contributed by atoms with E-state index in [0.29, 0.717) is 101 Å². The predicted molar refractivity (Wildman–Crippen MR) is 274 cm³/mol. The van der Waals surface area contributed by atoms with E-state index in [-0.39, 0.29) is 52.3 Å². The van der Waals surface area contributed by atoms with Gasteiger partial charge >= 0.3 is 35.8 Å². The zero-order valence-electron chi connectivity index (χ0n) is 41.5. The first-order chi connectivity index (χ1) is 36.1. The summed E-state index contributed by atoms with van der Waals surface area (Å²) in [6.45, 7) is 8.57. The van der Waals surface area contributed by atoms with E-state index in [1.807, 2.05) is 17.5 Å². The quantitative estimate of drug-likeness (QED) is 0.0208. The van der Waals surface area contributed by atoms with Crippen molar-refractivity contribution in [1.29, 1.82) is 0 Å². The topological polar surface area (TPSA) is 202 Å². The Labute approximate surface area is 434 Å². The van der Waals surface area contributed by atoms with Crippen LogP contribution in [0.2, 0.25) is 0 Å². The first-order valence-corrected chi connectivity index (χ1v) is 26.3. The summed E-state index contributed by atoms with van der Waals surface area (Å²) >= 11 is 1.41. The third-order valence-corrected chi connectivity index (χ3v) is 13.8. The van der Waals surface area contributed by atoms with Crippen molar-refractivity contribution in [2.24, 2.45) is 23.7 Å². The van der Waals surface area contributed by atoms with E-state index in [9.17, 15) is 28.8 Å². The number of hydrogen-bond acceptors (Lipinski definition) is 17. The van der Waals surface area contributed by atoms with E-state index in [2.05, 4.69) is 18.1 Å². The molecule has 0 spiro atoms. The standard InChI is InChI=1S/C57H63NO15S/c1-3-49(59)67-35-11-7-5-9-33-65-42-23-27-44(28-24-42)69-54(61)38-15-19-40(20-16-38)56(63)71-46-31-32-47(52-51(46)58-53(73-52)48-14-13-37-74-48)72-57(64)41-21-17-39(18-22-41)55(62)70-45-29-25-43(26-30-45)66-34-10-6-8-12-36-68-50(60)4-2/h3-4,13-14,23-32,37-41H,1-2,5-12,15-22,33-36H2. The van der Waals surface area contributed by atoms with Gasteiger partial charge in [0.15, 0.2) is 17.0 Å². The minimum atomic E-state index is -0.468. The van der Waals surface area contributed by atoms with E-state index in [1.54, 1.807) is 54.6 Å². The summed E-state index contributed by atoms with van der Waals surface area (Å²) in [4.78, 5) is 81.2. The minimum Gasteiger partial charge on any atom is -0.494 e. The molecule has 0 unspecified atom stereocenters. The lowest BCUT2D eigenvalue weighted by molar-refractivity contribution is -0.145. The third-order valence-electron chi connectivity index (χ3n) is 12.9. The molecule has 0 bridgehead atoms. The summed E-state index contributed by atoms with van der Waals surface area (Å²) in [5, 5.41) is 1.88. The van der Waals surface area contributed by atoms with Crippen LogP contribution in [0.5, 0.6) is 34.5 Å². The van der Waals surface area contributed by atoms with Crippen molar-refractivity contribution in [3.63, 3.8) is 0 Å². The first kappa shape index (κ1) is 54.5. The molecule has 0 aliphatic heterocycles. The van der Waals surface area contributed by atoms with Gasteiger partial charge in [-0.3, -0.25) is 19.2 Å². The van der Waals surface area contributed by atoms with Gasteiger partial charge in [0, 0.05) is 12.2 Å². The number of ether oxygens (including phenoxy) is 8. The van der Waals surface area contributed by atoms with Crippen molar-refractivity contribution < 1.29 is 71.1 Å². The molecule has 17 heteroatoms. The van der Waals surface area contributed by atoms with Crippen LogP contribution in [0.25, 0.3) is 21.9 Å². The molecule has 2 aromatic heterocycles. The molecule has 5 aromatic rings. The maximum Gasteiger partial charge on any atom is 0.330 e. The van der Waals surface area contributed by atoms with Crippen LogP contribution in [0.15, 0.2) is 108 Å². The smallest absolute Gasteiger partial charge is 0.330 e. The second-order valence-corrected chi connectivity index (χ2v) is 19.2. The summed E-state index contributed by atoms with van der Waals surface area (Å²) in [5.74, 6) is -1.45. The lowest BCUT2D eigenvalue weighted by Gasteiger charge is -2.26. The van der Waals surface area contributed by atoms with E-state index in [4.69, 9.17) is 42.3 Å². The Kier molecular flexibility index (Phi) is 20.8. The van der Waals surface area contributed by atoms with Gasteiger partial charge in [-0.1, -0.05) is 19.2 Å². The number of carbonyl (C=O) groups is 6. The fourth-order valence-electron chi connectivity index (χ4n) is 8.71. The first-order valence-electron chi connectivity index (χ1n) is 25.4. The molecule has 2 aliphatic rings. The number of carbonyl (C=O) groups excluding carboxylic acids is 6. The van der Waals surface area contributed by atoms with Crippen LogP contribution in [0.3, 0.4) is 0 Å². The van der Waals surface area contributed by atoms with E-state index >= 15 is 0 Å². The predicted octanol–water partition coefficient (Wildman–Crippen LogP) is 11.5. The molecule has 2 saturated carbocycles. The number of fused-ring (bicyclic) bond motifs is 1. The largest absolute Gasteiger partial charge is 0.494 e. The van der Waals surface area contributed by atoms with Gasteiger partial charge in [-0.25, -0.2) is 14.6 Å². The highest BCUT2D eigenvalue weighted by Gasteiger charge is 2.35. The Morgan fingerprint density at radius 1 is 0.500 bits per heavy atom. The Morgan fingerprint density at radius 2 is 0.892 bits per heavy atom. The van der Waals surface area contributed by atoms with Gasteiger partial charge in [0.05, 0.1) is 55.0 Å². The zero-order chi connectivity index (χ0) is 52.1. The summed E-state index contributed by atoms with van der Waals surface area (Å²) in [7, 11) is 0. The van der Waals surface area contributed by atoms with Crippen LogP contribution in [0, 0.1) is 23.7 Å². The molecular formula is C57H63NO15S. The lowest BCUT2D eigenvalue weighted by Crippen LogP contribution is -2.30. The molecule has 0 atom stereocenters. The number of thiophene rings is 1. The van der Waals surface area contributed by atoms with Gasteiger partial charge < -0.3 is 42.3 Å². The molecule has 2 aliphatic carbocycles. The normalized spacial score (nSPS) is 17.3. The van der Waals surface area contributed by atoms with Crippen molar-refractivity contribution in [3.8, 4) is 45.3 Å². The lowest BCUT2D eigenvalue weighted by atomic mass is 9.82. The molecule has 392 valence electrons. The van der Waals surface area contributed by atoms with Gasteiger partial charge in [-0.05, 0) is 175 Å². The average Bonchev–Trinajstić information content (AvgIpc) is 4.14. The van der Waals surface area contributed by atoms with Crippen LogP contribution in [-0.2, 0) is 38.2 Å². The Balaban J connectivity index is 0.836. The highest BCUT2D eigenvalue weighted by molar-refractivity contribution is 7.13. The van der Waals surface area contributed by atoms with Crippen molar-refractivity contribution in [2.75, 3.05) is 26.4 Å². The maximum atomic E-state index is 13.6. The number of aromatic nitrogens is 1. The van der Waals surface area contributed by atoms with Gasteiger partial charge in [0.2, 0.25) is 11.5 Å². The zero-order valence-corrected chi connectivity index (χ0v) is 42.3. The van der Waals surface area contributed by atoms with Crippen molar-refractivity contribution in [1.82, 2.24) is 4.98 Å². The summed E-state index contributed by atoms with van der Waals surface area (Å²) in [6.07, 6.45) is 12.7. The Bertz CT molecular complexity index is 2500. The van der Waals surface area contributed by atoms with Crippen molar-refractivity contribution >= 4 is 58.3 Å². The Morgan fingerprint density at radius 3 is 1.31 bits per heavy atom. The molecule has 16 nitrogen and oxygen atoms in total.